The minimum atomic E-state index is -4.13. The van der Waals surface area contributed by atoms with Crippen molar-refractivity contribution < 1.29 is 18.0 Å². The second kappa shape index (κ2) is 6.95. The largest absolute Gasteiger partial charge is 0.391 e. The molecule has 0 spiro atoms. The first-order valence-corrected chi connectivity index (χ1v) is 9.04. The van der Waals surface area contributed by atoms with Crippen LogP contribution >= 0.6 is 0 Å². The van der Waals surface area contributed by atoms with E-state index in [1.807, 2.05) is 6.07 Å². The smallest absolute Gasteiger partial charge is 0.343 e. The van der Waals surface area contributed by atoms with Crippen molar-refractivity contribution in [2.45, 2.75) is 44.6 Å². The van der Waals surface area contributed by atoms with Crippen LogP contribution in [0.2, 0.25) is 0 Å². The van der Waals surface area contributed by atoms with E-state index in [1.54, 1.807) is 10.9 Å². The Bertz CT molecular complexity index is 881. The topological polar surface area (TPSA) is 89.7 Å². The maximum absolute atomic E-state index is 12.6. The molecule has 2 aromatic heterocycles. The van der Waals surface area contributed by atoms with Gasteiger partial charge in [0.25, 0.3) is 5.91 Å². The minimum Gasteiger partial charge on any atom is -0.343 e. The van der Waals surface area contributed by atoms with Gasteiger partial charge in [-0.25, -0.2) is 9.67 Å². The molecule has 11 heteroatoms. The third-order valence-corrected chi connectivity index (χ3v) is 5.24. The monoisotopic (exact) mass is 395 g/mol. The zero-order valence-corrected chi connectivity index (χ0v) is 15.0. The summed E-state index contributed by atoms with van der Waals surface area (Å²) < 4.78 is 40.9. The molecule has 0 saturated heterocycles. The molecule has 28 heavy (non-hydrogen) atoms. The first-order valence-electron chi connectivity index (χ1n) is 9.04. The van der Waals surface area contributed by atoms with Crippen LogP contribution in [0.15, 0.2) is 30.9 Å². The zero-order chi connectivity index (χ0) is 19.9. The number of nitrogens with zero attached hydrogens (tertiary/aromatic N) is 5. The van der Waals surface area contributed by atoms with E-state index in [0.29, 0.717) is 25.2 Å². The van der Waals surface area contributed by atoms with E-state index >= 15 is 0 Å². The number of carbonyl (C=O) groups excluding carboxylic acids is 1. The third kappa shape index (κ3) is 3.73. The van der Waals surface area contributed by atoms with Gasteiger partial charge in [0.15, 0.2) is 0 Å². The summed E-state index contributed by atoms with van der Waals surface area (Å²) >= 11 is 0. The number of fused-ring (bicyclic) bond motifs is 1. The van der Waals surface area contributed by atoms with Crippen LogP contribution < -0.4 is 10.6 Å². The van der Waals surface area contributed by atoms with Crippen molar-refractivity contribution in [2.24, 2.45) is 11.8 Å². The minimum absolute atomic E-state index is 0.0125. The maximum atomic E-state index is 12.6. The van der Waals surface area contributed by atoms with Crippen molar-refractivity contribution in [1.29, 1.82) is 0 Å². The average Bonchev–Trinajstić information content (AvgIpc) is 3.19. The molecular formula is C17H20F3N7O. The van der Waals surface area contributed by atoms with Crippen LogP contribution in [0.25, 0.3) is 0 Å². The molecule has 0 aromatic carbocycles. The number of carbonyl (C=O) groups is 1. The van der Waals surface area contributed by atoms with E-state index in [4.69, 9.17) is 0 Å². The summed E-state index contributed by atoms with van der Waals surface area (Å²) in [7, 11) is 0. The van der Waals surface area contributed by atoms with Crippen molar-refractivity contribution in [2.75, 3.05) is 5.32 Å². The first kappa shape index (κ1) is 18.5. The SMILES string of the molecule is C=C1Nc2ccnn2CC[C@@H]1NC(=O)c1ncn(CC2CC(C(F)(F)F)C2)n1. The van der Waals surface area contributed by atoms with Crippen LogP contribution in [0.5, 0.6) is 0 Å². The molecule has 0 unspecified atom stereocenters. The van der Waals surface area contributed by atoms with Crippen LogP contribution in [-0.2, 0) is 13.1 Å². The molecule has 2 aromatic rings. The fraction of sp³-hybridized carbons (Fsp3) is 0.529. The van der Waals surface area contributed by atoms with E-state index in [-0.39, 0.29) is 30.6 Å². The highest BCUT2D eigenvalue weighted by atomic mass is 19.4. The molecule has 1 fully saturated rings. The Balaban J connectivity index is 1.31. The van der Waals surface area contributed by atoms with Crippen LogP contribution in [-0.4, -0.2) is 42.7 Å². The van der Waals surface area contributed by atoms with Crippen LogP contribution in [0.3, 0.4) is 0 Å². The number of halogens is 3. The lowest BCUT2D eigenvalue weighted by Gasteiger charge is -2.36. The van der Waals surface area contributed by atoms with E-state index in [1.165, 1.54) is 11.0 Å². The Labute approximate surface area is 158 Å². The van der Waals surface area contributed by atoms with Crippen molar-refractivity contribution >= 4 is 11.7 Å². The van der Waals surface area contributed by atoms with E-state index in [9.17, 15) is 18.0 Å². The Morgan fingerprint density at radius 2 is 2.18 bits per heavy atom. The summed E-state index contributed by atoms with van der Waals surface area (Å²) in [6, 6.07) is 1.50. The predicted octanol–water partition coefficient (Wildman–Crippen LogP) is 2.19. The van der Waals surface area contributed by atoms with E-state index in [2.05, 4.69) is 32.4 Å². The molecule has 1 aliphatic carbocycles. The zero-order valence-electron chi connectivity index (χ0n) is 15.0. The number of hydrogen-bond acceptors (Lipinski definition) is 5. The van der Waals surface area contributed by atoms with Crippen molar-refractivity contribution in [1.82, 2.24) is 29.9 Å². The highest BCUT2D eigenvalue weighted by molar-refractivity contribution is 5.90. The number of alkyl halides is 3. The van der Waals surface area contributed by atoms with Gasteiger partial charge in [-0.3, -0.25) is 9.48 Å². The second-order valence-corrected chi connectivity index (χ2v) is 7.27. The van der Waals surface area contributed by atoms with Gasteiger partial charge in [0.2, 0.25) is 5.82 Å². The van der Waals surface area contributed by atoms with Gasteiger partial charge < -0.3 is 10.6 Å². The summed E-state index contributed by atoms with van der Waals surface area (Å²) in [6.07, 6.45) is -0.278. The molecule has 2 aliphatic rings. The molecule has 1 atom stereocenters. The molecule has 1 saturated carbocycles. The number of rotatable bonds is 4. The Hall–Kier alpha value is -2.85. The number of aromatic nitrogens is 5. The van der Waals surface area contributed by atoms with Gasteiger partial charge in [-0.1, -0.05) is 6.58 Å². The Morgan fingerprint density at radius 1 is 1.39 bits per heavy atom. The molecule has 1 aliphatic heterocycles. The highest BCUT2D eigenvalue weighted by Crippen LogP contribution is 2.45. The summed E-state index contributed by atoms with van der Waals surface area (Å²) in [5.41, 5.74) is 0.639. The standard InChI is InChI=1S/C17H20F3N7O/c1-10-13(3-5-27-14(23-10)2-4-22-27)24-16(28)15-21-9-26(25-15)8-11-6-12(7-11)17(18,19)20/h2,4,9,11-13,23H,1,3,5-8H2,(H,24,28)/t11?,12?,13-/m0/s1. The van der Waals surface area contributed by atoms with E-state index in [0.717, 1.165) is 5.82 Å². The van der Waals surface area contributed by atoms with Crippen molar-refractivity contribution in [3.63, 3.8) is 0 Å². The molecule has 4 rings (SSSR count). The summed E-state index contributed by atoms with van der Waals surface area (Å²) in [5.74, 6) is -0.985. The normalized spacial score (nSPS) is 24.7. The Morgan fingerprint density at radius 3 is 2.93 bits per heavy atom. The number of nitrogens with one attached hydrogen (secondary N) is 2. The molecule has 2 N–H and O–H groups in total. The van der Waals surface area contributed by atoms with Crippen molar-refractivity contribution in [3.8, 4) is 0 Å². The van der Waals surface area contributed by atoms with Gasteiger partial charge >= 0.3 is 6.18 Å². The second-order valence-electron chi connectivity index (χ2n) is 7.27. The number of hydrogen-bond donors (Lipinski definition) is 2. The van der Waals surface area contributed by atoms with Gasteiger partial charge in [-0.15, -0.1) is 5.10 Å². The van der Waals surface area contributed by atoms with Crippen LogP contribution in [0, 0.1) is 11.8 Å². The molecular weight excluding hydrogens is 375 g/mol. The van der Waals surface area contributed by atoms with Gasteiger partial charge in [0.05, 0.1) is 18.2 Å². The summed E-state index contributed by atoms with van der Waals surface area (Å²) in [5, 5.41) is 14.3. The summed E-state index contributed by atoms with van der Waals surface area (Å²) in [6.45, 7) is 4.91. The van der Waals surface area contributed by atoms with Crippen LogP contribution in [0.4, 0.5) is 19.0 Å². The molecule has 8 nitrogen and oxygen atoms in total. The lowest BCUT2D eigenvalue weighted by Crippen LogP contribution is -2.38. The van der Waals surface area contributed by atoms with E-state index < -0.39 is 18.0 Å². The van der Waals surface area contributed by atoms with Gasteiger partial charge in [-0.05, 0) is 25.2 Å². The van der Waals surface area contributed by atoms with Gasteiger partial charge in [-0.2, -0.15) is 18.3 Å². The number of aryl methyl sites for hydroxylation is 1. The van der Waals surface area contributed by atoms with Gasteiger partial charge in [0, 0.05) is 24.9 Å². The average molecular weight is 395 g/mol. The van der Waals surface area contributed by atoms with Crippen molar-refractivity contribution in [3.05, 3.63) is 36.7 Å². The quantitative estimate of drug-likeness (QED) is 0.828. The molecule has 3 heterocycles. The molecule has 0 bridgehead atoms. The lowest BCUT2D eigenvalue weighted by atomic mass is 9.74. The highest BCUT2D eigenvalue weighted by Gasteiger charge is 2.47. The lowest BCUT2D eigenvalue weighted by molar-refractivity contribution is -0.205. The fourth-order valence-corrected chi connectivity index (χ4v) is 3.58. The number of amides is 1. The predicted molar refractivity (Wildman–Crippen MR) is 93.2 cm³/mol. The summed E-state index contributed by atoms with van der Waals surface area (Å²) in [4.78, 5) is 16.4. The van der Waals surface area contributed by atoms with Crippen LogP contribution in [0.1, 0.15) is 29.9 Å². The first-order chi connectivity index (χ1) is 13.3. The van der Waals surface area contributed by atoms with Gasteiger partial charge in [0.1, 0.15) is 12.1 Å². The molecule has 1 amide bonds. The Kier molecular flexibility index (Phi) is 4.60. The fourth-order valence-electron chi connectivity index (χ4n) is 3.58. The molecule has 150 valence electrons. The maximum Gasteiger partial charge on any atom is 0.391 e. The number of anilines is 1. The molecule has 0 radical (unpaired) electrons. The third-order valence-electron chi connectivity index (χ3n) is 5.24.